The van der Waals surface area contributed by atoms with Gasteiger partial charge in [-0.2, -0.15) is 0 Å². The van der Waals surface area contributed by atoms with Crippen LogP contribution in [0.1, 0.15) is 46.5 Å². The van der Waals surface area contributed by atoms with Crippen LogP contribution in [0, 0.1) is 5.92 Å². The minimum Gasteiger partial charge on any atom is -0.383 e. The Kier molecular flexibility index (Phi) is 5.73. The van der Waals surface area contributed by atoms with E-state index in [1.165, 1.54) is 4.57 Å². The lowest BCUT2D eigenvalue weighted by Gasteiger charge is -2.25. The predicted octanol–water partition coefficient (Wildman–Crippen LogP) is -0.00770. The third-order valence-electron chi connectivity index (χ3n) is 5.82. The van der Waals surface area contributed by atoms with Crippen LogP contribution < -0.4 is 27.2 Å². The van der Waals surface area contributed by atoms with Crippen molar-refractivity contribution in [2.24, 2.45) is 5.92 Å². The first-order valence-electron chi connectivity index (χ1n) is 10.2. The zero-order valence-corrected chi connectivity index (χ0v) is 17.5. The van der Waals surface area contributed by atoms with Crippen LogP contribution in [0.25, 0.3) is 0 Å². The second kappa shape index (κ2) is 7.96. The highest BCUT2D eigenvalue weighted by Crippen LogP contribution is 2.42. The highest BCUT2D eigenvalue weighted by atomic mass is 16.2. The van der Waals surface area contributed by atoms with Gasteiger partial charge >= 0.3 is 11.7 Å². The number of anilines is 2. The van der Waals surface area contributed by atoms with Crippen molar-refractivity contribution in [3.63, 3.8) is 0 Å². The third kappa shape index (κ3) is 3.59. The Morgan fingerprint density at radius 3 is 2.47 bits per heavy atom. The number of nitrogens with two attached hydrogens (primary N) is 1. The van der Waals surface area contributed by atoms with Crippen molar-refractivity contribution in [3.8, 4) is 0 Å². The molecule has 1 unspecified atom stereocenters. The number of nitrogen functional groups attached to an aromatic ring is 1. The minimum atomic E-state index is -1.00. The van der Waals surface area contributed by atoms with Gasteiger partial charge < -0.3 is 16.0 Å². The van der Waals surface area contributed by atoms with Gasteiger partial charge in [0.25, 0.3) is 11.5 Å². The van der Waals surface area contributed by atoms with Gasteiger partial charge in [-0.1, -0.05) is 13.3 Å². The Hall–Kier alpha value is -3.11. The summed E-state index contributed by atoms with van der Waals surface area (Å²) in [6.07, 6.45) is 3.16. The molecule has 1 aromatic heterocycles. The summed E-state index contributed by atoms with van der Waals surface area (Å²) >= 11 is 0. The molecule has 4 amide bonds. The summed E-state index contributed by atoms with van der Waals surface area (Å²) in [4.78, 5) is 66.9. The largest absolute Gasteiger partial charge is 0.383 e. The maximum Gasteiger partial charge on any atom is 0.330 e. The van der Waals surface area contributed by atoms with E-state index in [4.69, 9.17) is 5.73 Å². The summed E-state index contributed by atoms with van der Waals surface area (Å²) in [6, 6.07) is -0.631. The fraction of sp³-hybridized carbons (Fsp3) is 0.632. The molecule has 1 saturated carbocycles. The first-order valence-corrected chi connectivity index (χ1v) is 10.2. The summed E-state index contributed by atoms with van der Waals surface area (Å²) in [6.45, 7) is 5.10. The topological polar surface area (TPSA) is 151 Å². The van der Waals surface area contributed by atoms with E-state index >= 15 is 0 Å². The second-order valence-corrected chi connectivity index (χ2v) is 7.93. The van der Waals surface area contributed by atoms with Crippen LogP contribution >= 0.6 is 0 Å². The van der Waals surface area contributed by atoms with Crippen molar-refractivity contribution >= 4 is 29.4 Å². The van der Waals surface area contributed by atoms with Gasteiger partial charge in [0.1, 0.15) is 17.9 Å². The first kappa shape index (κ1) is 21.6. The van der Waals surface area contributed by atoms with Crippen LogP contribution in [-0.2, 0) is 16.1 Å². The van der Waals surface area contributed by atoms with E-state index in [0.29, 0.717) is 13.0 Å². The molecule has 2 fully saturated rings. The quantitative estimate of drug-likeness (QED) is 0.503. The molecule has 0 aromatic carbocycles. The third-order valence-corrected chi connectivity index (χ3v) is 5.82. The van der Waals surface area contributed by atoms with E-state index in [-0.39, 0.29) is 24.0 Å². The summed E-state index contributed by atoms with van der Waals surface area (Å²) < 4.78 is 1.22. The molecule has 2 heterocycles. The zero-order valence-electron chi connectivity index (χ0n) is 17.5. The molecule has 1 saturated heterocycles. The van der Waals surface area contributed by atoms with Crippen molar-refractivity contribution < 1.29 is 14.4 Å². The maximum atomic E-state index is 13.0. The number of hydrogen-bond donors (Lipinski definition) is 3. The minimum absolute atomic E-state index is 0.0666. The fourth-order valence-electron chi connectivity index (χ4n) is 3.85. The molecule has 1 aliphatic heterocycles. The van der Waals surface area contributed by atoms with Crippen LogP contribution in [0.15, 0.2) is 9.59 Å². The lowest BCUT2D eigenvalue weighted by molar-refractivity contribution is -0.134. The second-order valence-electron chi connectivity index (χ2n) is 7.93. The van der Waals surface area contributed by atoms with Crippen molar-refractivity contribution in [1.82, 2.24) is 19.8 Å². The van der Waals surface area contributed by atoms with E-state index in [1.54, 1.807) is 13.8 Å². The number of aromatic nitrogens is 2. The number of hydrogen-bond acceptors (Lipinski definition) is 6. The van der Waals surface area contributed by atoms with Gasteiger partial charge in [0.15, 0.2) is 5.69 Å². The fourth-order valence-corrected chi connectivity index (χ4v) is 3.85. The van der Waals surface area contributed by atoms with Gasteiger partial charge in [-0.05, 0) is 39.0 Å². The molecule has 2 aliphatic rings. The van der Waals surface area contributed by atoms with Gasteiger partial charge in [-0.3, -0.25) is 28.8 Å². The number of amides is 4. The van der Waals surface area contributed by atoms with Gasteiger partial charge in [0, 0.05) is 13.1 Å². The summed E-state index contributed by atoms with van der Waals surface area (Å²) in [5.41, 5.74) is 3.49. The van der Waals surface area contributed by atoms with E-state index in [9.17, 15) is 24.0 Å². The molecule has 164 valence electrons. The van der Waals surface area contributed by atoms with E-state index < -0.39 is 41.2 Å². The normalized spacial score (nSPS) is 21.1. The zero-order chi connectivity index (χ0) is 22.2. The molecule has 0 bridgehead atoms. The van der Waals surface area contributed by atoms with Crippen LogP contribution in [-0.4, -0.2) is 50.9 Å². The number of H-pyrrole nitrogens is 1. The summed E-state index contributed by atoms with van der Waals surface area (Å²) in [5, 5.41) is 2.69. The van der Waals surface area contributed by atoms with Crippen LogP contribution in [0.4, 0.5) is 16.3 Å². The monoisotopic (exact) mass is 420 g/mol. The number of nitrogens with one attached hydrogen (secondary N) is 2. The molecule has 3 rings (SSSR count). The van der Waals surface area contributed by atoms with Crippen LogP contribution in [0.5, 0.6) is 0 Å². The van der Waals surface area contributed by atoms with E-state index in [1.807, 2.05) is 6.92 Å². The standard InChI is InChI=1S/C19H28N6O5/c1-4-6-9-24-14(20)13(15(27)21-17(24)29)23(5-2)12(26)10-25-16(28)19(3,11-7-8-11)22-18(25)30/h11H,4-10,20H2,1-3H3,(H,22,30)(H,21,27,29). The summed E-state index contributed by atoms with van der Waals surface area (Å²) in [7, 11) is 0. The van der Waals surface area contributed by atoms with Crippen molar-refractivity contribution in [1.29, 1.82) is 0 Å². The number of carbonyl (C=O) groups is 3. The Morgan fingerprint density at radius 2 is 1.90 bits per heavy atom. The Labute approximate surface area is 173 Å². The number of likely N-dealkylation sites (N-methyl/N-ethyl adjacent to an activating group) is 1. The number of nitrogens with zero attached hydrogens (tertiary/aromatic N) is 3. The number of imide groups is 1. The highest BCUT2D eigenvalue weighted by molar-refractivity contribution is 6.10. The Balaban J connectivity index is 1.88. The van der Waals surface area contributed by atoms with Crippen LogP contribution in [0.3, 0.4) is 0 Å². The molecule has 11 nitrogen and oxygen atoms in total. The van der Waals surface area contributed by atoms with Crippen LogP contribution in [0.2, 0.25) is 0 Å². The number of carbonyl (C=O) groups excluding carboxylic acids is 3. The van der Waals surface area contributed by atoms with E-state index in [0.717, 1.165) is 29.1 Å². The molecule has 0 radical (unpaired) electrons. The molecule has 0 spiro atoms. The predicted molar refractivity (Wildman–Crippen MR) is 110 cm³/mol. The molecule has 1 atom stereocenters. The molecular formula is C19H28N6O5. The lowest BCUT2D eigenvalue weighted by atomic mass is 9.96. The molecular weight excluding hydrogens is 392 g/mol. The molecule has 11 heteroatoms. The van der Waals surface area contributed by atoms with Crippen molar-refractivity contribution in [3.05, 3.63) is 20.8 Å². The molecule has 4 N–H and O–H groups in total. The van der Waals surface area contributed by atoms with Gasteiger partial charge in [-0.25, -0.2) is 9.59 Å². The van der Waals surface area contributed by atoms with E-state index in [2.05, 4.69) is 10.3 Å². The average molecular weight is 420 g/mol. The lowest BCUT2D eigenvalue weighted by Crippen LogP contribution is -2.48. The smallest absolute Gasteiger partial charge is 0.330 e. The maximum absolute atomic E-state index is 13.0. The Morgan fingerprint density at radius 1 is 1.23 bits per heavy atom. The van der Waals surface area contributed by atoms with Gasteiger partial charge in [0.2, 0.25) is 5.91 Å². The highest BCUT2D eigenvalue weighted by Gasteiger charge is 2.56. The molecule has 1 aliphatic carbocycles. The number of urea groups is 1. The average Bonchev–Trinajstić information content (AvgIpc) is 3.51. The number of aromatic amines is 1. The number of rotatable bonds is 8. The van der Waals surface area contributed by atoms with Crippen molar-refractivity contribution in [2.75, 3.05) is 23.7 Å². The molecule has 1 aromatic rings. The SMILES string of the molecule is CCCCn1c(N)c(N(CC)C(=O)CN2C(=O)NC(C)(C3CC3)C2=O)c(=O)[nH]c1=O. The van der Waals surface area contributed by atoms with Gasteiger partial charge in [0.05, 0.1) is 0 Å². The van der Waals surface area contributed by atoms with Gasteiger partial charge in [-0.15, -0.1) is 0 Å². The van der Waals surface area contributed by atoms with Crippen molar-refractivity contribution in [2.45, 2.75) is 58.5 Å². The number of unbranched alkanes of at least 4 members (excludes halogenated alkanes) is 1. The first-order chi connectivity index (χ1) is 14.2. The summed E-state index contributed by atoms with van der Waals surface area (Å²) in [5.74, 6) is -1.14. The molecule has 30 heavy (non-hydrogen) atoms. The Bertz CT molecular complexity index is 994.